The van der Waals surface area contributed by atoms with E-state index >= 15 is 0 Å². The standard InChI is InChI=1S/C17H24N2O/c1-14(2)10-18-11-15-9-17(20-13-15)12-19(3)16-7-5-4-6-8-16/h4-9,13-14,18H,10-12H2,1-3H3. The van der Waals surface area contributed by atoms with E-state index in [1.807, 2.05) is 12.3 Å². The molecule has 1 aromatic heterocycles. The first kappa shape index (κ1) is 14.7. The van der Waals surface area contributed by atoms with Crippen molar-refractivity contribution in [3.8, 4) is 0 Å². The predicted octanol–water partition coefficient (Wildman–Crippen LogP) is 3.66. The lowest BCUT2D eigenvalue weighted by atomic mass is 10.2. The molecule has 1 aromatic carbocycles. The maximum absolute atomic E-state index is 5.63. The fraction of sp³-hybridized carbons (Fsp3) is 0.412. The summed E-state index contributed by atoms with van der Waals surface area (Å²) < 4.78 is 5.63. The number of para-hydroxylation sites is 1. The lowest BCUT2D eigenvalue weighted by molar-refractivity contribution is 0.502. The molecule has 2 rings (SSSR count). The second kappa shape index (κ2) is 7.15. The molecule has 0 unspecified atom stereocenters. The molecule has 0 radical (unpaired) electrons. The second-order valence-corrected chi connectivity index (χ2v) is 5.64. The Morgan fingerprint density at radius 3 is 2.65 bits per heavy atom. The molecule has 3 heteroatoms. The Morgan fingerprint density at radius 1 is 1.20 bits per heavy atom. The van der Waals surface area contributed by atoms with E-state index in [4.69, 9.17) is 4.42 Å². The SMILES string of the molecule is CC(C)CNCc1coc(CN(C)c2ccccc2)c1. The van der Waals surface area contributed by atoms with Gasteiger partial charge in [0.25, 0.3) is 0 Å². The molecule has 0 saturated heterocycles. The van der Waals surface area contributed by atoms with E-state index in [9.17, 15) is 0 Å². The van der Waals surface area contributed by atoms with E-state index in [1.54, 1.807) is 0 Å². The molecule has 1 N–H and O–H groups in total. The summed E-state index contributed by atoms with van der Waals surface area (Å²) in [6, 6.07) is 12.5. The molecule has 0 fully saturated rings. The summed E-state index contributed by atoms with van der Waals surface area (Å²) >= 11 is 0. The Balaban J connectivity index is 1.86. The summed E-state index contributed by atoms with van der Waals surface area (Å²) in [5, 5.41) is 3.43. The number of hydrogen-bond donors (Lipinski definition) is 1. The lowest BCUT2D eigenvalue weighted by Crippen LogP contribution is -2.18. The molecule has 0 aliphatic heterocycles. The summed E-state index contributed by atoms with van der Waals surface area (Å²) in [7, 11) is 2.08. The minimum absolute atomic E-state index is 0.672. The zero-order chi connectivity index (χ0) is 14.4. The van der Waals surface area contributed by atoms with Crippen LogP contribution in [0.2, 0.25) is 0 Å². The number of rotatable bonds is 7. The first-order valence-corrected chi connectivity index (χ1v) is 7.18. The normalized spacial score (nSPS) is 11.0. The van der Waals surface area contributed by atoms with Gasteiger partial charge in [0, 0.05) is 24.8 Å². The zero-order valence-corrected chi connectivity index (χ0v) is 12.6. The Bertz CT molecular complexity index is 505. The first-order valence-electron chi connectivity index (χ1n) is 7.18. The van der Waals surface area contributed by atoms with E-state index in [1.165, 1.54) is 11.3 Å². The molecule has 20 heavy (non-hydrogen) atoms. The summed E-state index contributed by atoms with van der Waals surface area (Å²) in [6.07, 6.45) is 1.85. The van der Waals surface area contributed by atoms with Crippen LogP contribution in [0, 0.1) is 5.92 Å². The summed E-state index contributed by atoms with van der Waals surface area (Å²) in [5.41, 5.74) is 2.41. The van der Waals surface area contributed by atoms with Gasteiger partial charge >= 0.3 is 0 Å². The van der Waals surface area contributed by atoms with E-state index in [-0.39, 0.29) is 0 Å². The van der Waals surface area contributed by atoms with Gasteiger partial charge in [-0.25, -0.2) is 0 Å². The van der Waals surface area contributed by atoms with Gasteiger partial charge in [-0.15, -0.1) is 0 Å². The zero-order valence-electron chi connectivity index (χ0n) is 12.6. The Kier molecular flexibility index (Phi) is 5.24. The van der Waals surface area contributed by atoms with Gasteiger partial charge in [0.2, 0.25) is 0 Å². The summed E-state index contributed by atoms with van der Waals surface area (Å²) in [6.45, 7) is 7.11. The van der Waals surface area contributed by atoms with Crippen molar-refractivity contribution in [2.45, 2.75) is 26.9 Å². The van der Waals surface area contributed by atoms with Crippen LogP contribution in [0.4, 0.5) is 5.69 Å². The largest absolute Gasteiger partial charge is 0.467 e. The molecule has 0 aliphatic rings. The van der Waals surface area contributed by atoms with Crippen LogP contribution in [-0.2, 0) is 13.1 Å². The Labute approximate surface area is 121 Å². The van der Waals surface area contributed by atoms with Crippen molar-refractivity contribution in [3.63, 3.8) is 0 Å². The highest BCUT2D eigenvalue weighted by atomic mass is 16.3. The van der Waals surface area contributed by atoms with Crippen molar-refractivity contribution in [2.24, 2.45) is 5.92 Å². The molecule has 2 aromatic rings. The predicted molar refractivity (Wildman–Crippen MR) is 83.8 cm³/mol. The lowest BCUT2D eigenvalue weighted by Gasteiger charge is -2.17. The number of nitrogens with zero attached hydrogens (tertiary/aromatic N) is 1. The van der Waals surface area contributed by atoms with Crippen molar-refractivity contribution >= 4 is 5.69 Å². The van der Waals surface area contributed by atoms with E-state index < -0.39 is 0 Å². The van der Waals surface area contributed by atoms with Crippen LogP contribution >= 0.6 is 0 Å². The van der Waals surface area contributed by atoms with Crippen LogP contribution in [-0.4, -0.2) is 13.6 Å². The smallest absolute Gasteiger partial charge is 0.123 e. The maximum atomic E-state index is 5.63. The molecule has 0 amide bonds. The molecular formula is C17H24N2O. The van der Waals surface area contributed by atoms with Gasteiger partial charge in [0.15, 0.2) is 0 Å². The molecule has 3 nitrogen and oxygen atoms in total. The first-order chi connectivity index (χ1) is 9.65. The minimum Gasteiger partial charge on any atom is -0.467 e. The highest BCUT2D eigenvalue weighted by Gasteiger charge is 2.06. The van der Waals surface area contributed by atoms with Crippen molar-refractivity contribution in [1.29, 1.82) is 0 Å². The third-order valence-corrected chi connectivity index (χ3v) is 3.18. The van der Waals surface area contributed by atoms with Crippen LogP contribution in [0.1, 0.15) is 25.2 Å². The van der Waals surface area contributed by atoms with Gasteiger partial charge in [-0.1, -0.05) is 32.0 Å². The molecule has 0 spiro atoms. The van der Waals surface area contributed by atoms with Crippen LogP contribution < -0.4 is 10.2 Å². The fourth-order valence-electron chi connectivity index (χ4n) is 2.11. The topological polar surface area (TPSA) is 28.4 Å². The van der Waals surface area contributed by atoms with Gasteiger partial charge in [0.1, 0.15) is 5.76 Å². The quantitative estimate of drug-likeness (QED) is 0.833. The molecule has 0 bridgehead atoms. The number of nitrogens with one attached hydrogen (secondary N) is 1. The molecule has 0 saturated carbocycles. The average molecular weight is 272 g/mol. The van der Waals surface area contributed by atoms with Crippen molar-refractivity contribution < 1.29 is 4.42 Å². The van der Waals surface area contributed by atoms with E-state index in [0.29, 0.717) is 5.92 Å². The van der Waals surface area contributed by atoms with Crippen LogP contribution in [0.5, 0.6) is 0 Å². The number of hydrogen-bond acceptors (Lipinski definition) is 3. The van der Waals surface area contributed by atoms with Crippen molar-refractivity contribution in [3.05, 3.63) is 54.0 Å². The minimum atomic E-state index is 0.672. The van der Waals surface area contributed by atoms with Gasteiger partial charge in [-0.3, -0.25) is 0 Å². The second-order valence-electron chi connectivity index (χ2n) is 5.64. The number of furan rings is 1. The van der Waals surface area contributed by atoms with Crippen LogP contribution in [0.15, 0.2) is 47.1 Å². The maximum Gasteiger partial charge on any atom is 0.123 e. The summed E-state index contributed by atoms with van der Waals surface area (Å²) in [4.78, 5) is 2.18. The van der Waals surface area contributed by atoms with Crippen LogP contribution in [0.3, 0.4) is 0 Å². The van der Waals surface area contributed by atoms with E-state index in [2.05, 4.69) is 61.4 Å². The molecule has 1 heterocycles. The van der Waals surface area contributed by atoms with Crippen molar-refractivity contribution in [1.82, 2.24) is 5.32 Å². The number of anilines is 1. The monoisotopic (exact) mass is 272 g/mol. The molecule has 108 valence electrons. The molecular weight excluding hydrogens is 248 g/mol. The van der Waals surface area contributed by atoms with Crippen LogP contribution in [0.25, 0.3) is 0 Å². The van der Waals surface area contributed by atoms with Gasteiger partial charge in [0.05, 0.1) is 12.8 Å². The number of benzene rings is 1. The van der Waals surface area contributed by atoms with Gasteiger partial charge < -0.3 is 14.6 Å². The average Bonchev–Trinajstić information content (AvgIpc) is 2.87. The summed E-state index contributed by atoms with van der Waals surface area (Å²) in [5.74, 6) is 1.67. The highest BCUT2D eigenvalue weighted by Crippen LogP contribution is 2.16. The third kappa shape index (κ3) is 4.42. The van der Waals surface area contributed by atoms with Crippen molar-refractivity contribution in [2.75, 3.05) is 18.5 Å². The van der Waals surface area contributed by atoms with Gasteiger partial charge in [-0.2, -0.15) is 0 Å². The Morgan fingerprint density at radius 2 is 1.95 bits per heavy atom. The fourth-order valence-corrected chi connectivity index (χ4v) is 2.11. The molecule has 0 aliphatic carbocycles. The van der Waals surface area contributed by atoms with Gasteiger partial charge in [-0.05, 0) is 30.7 Å². The highest BCUT2D eigenvalue weighted by molar-refractivity contribution is 5.45. The third-order valence-electron chi connectivity index (χ3n) is 3.18. The Hall–Kier alpha value is -1.74. The molecule has 0 atom stereocenters. The van der Waals surface area contributed by atoms with E-state index in [0.717, 1.165) is 25.4 Å².